The van der Waals surface area contributed by atoms with Gasteiger partial charge in [-0.3, -0.25) is 0 Å². The first-order chi connectivity index (χ1) is 15.7. The minimum absolute atomic E-state index is 0.00579. The van der Waals surface area contributed by atoms with Crippen molar-refractivity contribution in [3.63, 3.8) is 0 Å². The van der Waals surface area contributed by atoms with Crippen molar-refractivity contribution in [2.45, 2.75) is 0 Å². The van der Waals surface area contributed by atoms with Crippen LogP contribution in [0.5, 0.6) is 34.5 Å². The zero-order valence-corrected chi connectivity index (χ0v) is 16.7. The Labute approximate surface area is 186 Å². The van der Waals surface area contributed by atoms with E-state index < -0.39 is 0 Å². The van der Waals surface area contributed by atoms with Crippen LogP contribution in [0, 0.1) is 0 Å². The second-order valence-electron chi connectivity index (χ2n) is 6.90. The first-order valence-electron chi connectivity index (χ1n) is 9.38. The Morgan fingerprint density at radius 3 is 0.788 bits per heavy atom. The number of hydrogen-bond donors (Lipinski definition) is 9. The Hall–Kier alpha value is -5.13. The van der Waals surface area contributed by atoms with Gasteiger partial charge in [-0.15, -0.1) is 0 Å². The lowest BCUT2D eigenvalue weighted by Gasteiger charge is -2.12. The molecule has 0 fully saturated rings. The smallest absolute Gasteiger partial charge is 0.233 e. The van der Waals surface area contributed by atoms with E-state index in [-0.39, 0.29) is 69.4 Å². The molecule has 0 unspecified atom stereocenters. The summed E-state index contributed by atoms with van der Waals surface area (Å²) in [5, 5.41) is 66.7. The van der Waals surface area contributed by atoms with Gasteiger partial charge in [0.05, 0.1) is 0 Å². The lowest BCUT2D eigenvalue weighted by molar-refractivity contribution is 0.450. The molecule has 1 heterocycles. The highest BCUT2D eigenvalue weighted by Crippen LogP contribution is 2.30. The molecule has 3 aromatic carbocycles. The molecule has 4 rings (SSSR count). The second kappa shape index (κ2) is 8.55. The Morgan fingerprint density at radius 2 is 0.576 bits per heavy atom. The van der Waals surface area contributed by atoms with Gasteiger partial charge in [0.2, 0.25) is 17.8 Å². The van der Waals surface area contributed by atoms with Gasteiger partial charge in [0.25, 0.3) is 0 Å². The quantitative estimate of drug-likeness (QED) is 0.208. The van der Waals surface area contributed by atoms with E-state index in [4.69, 9.17) is 0 Å². The second-order valence-corrected chi connectivity index (χ2v) is 6.90. The molecule has 0 spiro atoms. The van der Waals surface area contributed by atoms with Crippen molar-refractivity contribution in [1.82, 2.24) is 15.0 Å². The molecular weight excluding hydrogens is 432 g/mol. The Bertz CT molecular complexity index is 1100. The van der Waals surface area contributed by atoms with Crippen molar-refractivity contribution in [1.29, 1.82) is 0 Å². The molecule has 9 N–H and O–H groups in total. The summed E-state index contributed by atoms with van der Waals surface area (Å²) in [6.45, 7) is 0. The minimum atomic E-state index is -0.186. The van der Waals surface area contributed by atoms with Crippen molar-refractivity contribution in [3.05, 3.63) is 54.6 Å². The zero-order valence-electron chi connectivity index (χ0n) is 16.7. The highest BCUT2D eigenvalue weighted by molar-refractivity contribution is 5.65. The summed E-state index contributed by atoms with van der Waals surface area (Å²) in [6.07, 6.45) is 0. The van der Waals surface area contributed by atoms with Crippen molar-refractivity contribution in [3.8, 4) is 34.5 Å². The number of phenols is 6. The number of phenolic OH excluding ortho intramolecular Hbond substituents is 6. The molecule has 0 bridgehead atoms. The summed E-state index contributed by atoms with van der Waals surface area (Å²) in [5.74, 6) is -1.14. The molecule has 12 nitrogen and oxygen atoms in total. The van der Waals surface area contributed by atoms with E-state index in [0.717, 1.165) is 18.2 Å². The topological polar surface area (TPSA) is 196 Å². The predicted octanol–water partition coefficient (Wildman–Crippen LogP) is 3.34. The minimum Gasteiger partial charge on any atom is -0.508 e. The fourth-order valence-corrected chi connectivity index (χ4v) is 2.93. The fourth-order valence-electron chi connectivity index (χ4n) is 2.93. The van der Waals surface area contributed by atoms with Gasteiger partial charge in [0.15, 0.2) is 0 Å². The van der Waals surface area contributed by atoms with Crippen molar-refractivity contribution in [2.24, 2.45) is 0 Å². The van der Waals surface area contributed by atoms with Crippen LogP contribution in [0.1, 0.15) is 0 Å². The maximum atomic E-state index is 9.70. The van der Waals surface area contributed by atoms with E-state index in [0.29, 0.717) is 0 Å². The van der Waals surface area contributed by atoms with Gasteiger partial charge in [-0.2, -0.15) is 15.0 Å². The molecule has 0 amide bonds. The van der Waals surface area contributed by atoms with Crippen LogP contribution in [-0.4, -0.2) is 45.6 Å². The summed E-state index contributed by atoms with van der Waals surface area (Å²) in [4.78, 5) is 12.6. The van der Waals surface area contributed by atoms with E-state index in [2.05, 4.69) is 30.9 Å². The van der Waals surface area contributed by atoms with E-state index >= 15 is 0 Å². The fraction of sp³-hybridized carbons (Fsp3) is 0. The number of rotatable bonds is 6. The van der Waals surface area contributed by atoms with Gasteiger partial charge in [-0.1, -0.05) is 0 Å². The molecule has 0 aliphatic rings. The van der Waals surface area contributed by atoms with Gasteiger partial charge in [0, 0.05) is 71.7 Å². The van der Waals surface area contributed by atoms with Gasteiger partial charge in [-0.05, 0) is 0 Å². The van der Waals surface area contributed by atoms with Crippen molar-refractivity contribution in [2.75, 3.05) is 16.0 Å². The van der Waals surface area contributed by atoms with Crippen LogP contribution < -0.4 is 16.0 Å². The van der Waals surface area contributed by atoms with Gasteiger partial charge in [-0.25, -0.2) is 0 Å². The number of nitrogens with one attached hydrogen (secondary N) is 3. The molecule has 0 saturated heterocycles. The molecule has 33 heavy (non-hydrogen) atoms. The van der Waals surface area contributed by atoms with Crippen LogP contribution in [0.25, 0.3) is 0 Å². The number of hydrogen-bond acceptors (Lipinski definition) is 12. The van der Waals surface area contributed by atoms with Gasteiger partial charge >= 0.3 is 0 Å². The van der Waals surface area contributed by atoms with Crippen molar-refractivity contribution < 1.29 is 30.6 Å². The predicted molar refractivity (Wildman–Crippen MR) is 119 cm³/mol. The molecule has 4 aromatic rings. The highest BCUT2D eigenvalue weighted by Gasteiger charge is 2.11. The third kappa shape index (κ3) is 5.52. The van der Waals surface area contributed by atoms with Crippen molar-refractivity contribution >= 4 is 34.9 Å². The lowest BCUT2D eigenvalue weighted by Crippen LogP contribution is -2.07. The van der Waals surface area contributed by atoms with Gasteiger partial charge < -0.3 is 46.6 Å². The molecule has 0 atom stereocenters. The van der Waals surface area contributed by atoms with E-state index in [9.17, 15) is 30.6 Å². The van der Waals surface area contributed by atoms with E-state index in [1.807, 2.05) is 0 Å². The maximum absolute atomic E-state index is 9.70. The molecular formula is C21H18N6O6. The monoisotopic (exact) mass is 450 g/mol. The first kappa shape index (κ1) is 21.1. The first-order valence-corrected chi connectivity index (χ1v) is 9.38. The number of aromatic hydroxyl groups is 6. The number of nitrogens with zero attached hydrogens (tertiary/aromatic N) is 3. The average molecular weight is 450 g/mol. The van der Waals surface area contributed by atoms with Crippen LogP contribution >= 0.6 is 0 Å². The molecule has 12 heteroatoms. The third-order valence-electron chi connectivity index (χ3n) is 4.11. The largest absolute Gasteiger partial charge is 0.508 e. The van der Waals surface area contributed by atoms with Gasteiger partial charge in [0.1, 0.15) is 34.5 Å². The number of benzene rings is 3. The van der Waals surface area contributed by atoms with Crippen LogP contribution in [-0.2, 0) is 0 Å². The lowest BCUT2D eigenvalue weighted by atomic mass is 10.3. The summed E-state index contributed by atoms with van der Waals surface area (Å²) in [7, 11) is 0. The maximum Gasteiger partial charge on any atom is 0.233 e. The molecule has 0 aliphatic carbocycles. The molecule has 1 aromatic heterocycles. The average Bonchev–Trinajstić information content (AvgIpc) is 2.65. The van der Waals surface area contributed by atoms with E-state index in [1.165, 1.54) is 36.4 Å². The highest BCUT2D eigenvalue weighted by atomic mass is 16.3. The number of anilines is 6. The summed E-state index contributed by atoms with van der Waals surface area (Å²) < 4.78 is 0. The third-order valence-corrected chi connectivity index (χ3v) is 4.11. The van der Waals surface area contributed by atoms with Crippen LogP contribution in [0.4, 0.5) is 34.9 Å². The summed E-state index contributed by atoms with van der Waals surface area (Å²) >= 11 is 0. The Morgan fingerprint density at radius 1 is 0.364 bits per heavy atom. The molecule has 0 aliphatic heterocycles. The zero-order chi connectivity index (χ0) is 23.5. The Kier molecular flexibility index (Phi) is 5.47. The Balaban J connectivity index is 1.71. The van der Waals surface area contributed by atoms with Crippen LogP contribution in [0.15, 0.2) is 54.6 Å². The SMILES string of the molecule is Oc1cc(O)cc(Nc2nc(Nc3cc(O)cc(O)c3)nc(Nc3cc(O)cc(O)c3)n2)c1. The summed E-state index contributed by atoms with van der Waals surface area (Å²) in [6, 6.07) is 11.5. The molecule has 168 valence electrons. The standard InChI is InChI=1S/C21H18N6O6/c28-13-1-10(2-14(29)7-13)22-19-25-20(23-11-3-15(30)8-16(31)4-11)27-21(26-19)24-12-5-17(32)9-18(33)6-12/h1-9,28-33H,(H3,22,23,24,25,26,27). The molecule has 0 saturated carbocycles. The molecule has 0 radical (unpaired) electrons. The van der Waals surface area contributed by atoms with E-state index in [1.54, 1.807) is 0 Å². The number of aromatic nitrogens is 3. The summed E-state index contributed by atoms with van der Waals surface area (Å²) in [5.41, 5.74) is 0.835. The normalized spacial score (nSPS) is 10.5. The van der Waals surface area contributed by atoms with Crippen LogP contribution in [0.2, 0.25) is 0 Å². The van der Waals surface area contributed by atoms with Crippen LogP contribution in [0.3, 0.4) is 0 Å².